The van der Waals surface area contributed by atoms with Crippen molar-refractivity contribution in [3.63, 3.8) is 0 Å². The molecule has 0 aliphatic heterocycles. The maximum Gasteiger partial charge on any atom is 0.170 e. The van der Waals surface area contributed by atoms with Crippen molar-refractivity contribution >= 4 is 5.78 Å². The number of carbonyl (C=O) groups excluding carboxylic acids is 1. The van der Waals surface area contributed by atoms with Gasteiger partial charge in [0, 0.05) is 11.3 Å². The highest BCUT2D eigenvalue weighted by Gasteiger charge is 2.76. The van der Waals surface area contributed by atoms with E-state index in [1.165, 1.54) is 0 Å². The summed E-state index contributed by atoms with van der Waals surface area (Å²) in [4.78, 5) is 13.2. The van der Waals surface area contributed by atoms with Crippen LogP contribution in [-0.4, -0.2) is 51.1 Å². The van der Waals surface area contributed by atoms with Crippen LogP contribution in [0.2, 0.25) is 0 Å². The van der Waals surface area contributed by atoms with Gasteiger partial charge >= 0.3 is 0 Å². The maximum atomic E-state index is 13.2. The summed E-state index contributed by atoms with van der Waals surface area (Å²) in [6.45, 7) is 7.92. The molecule has 4 saturated carbocycles. The fourth-order valence-electron chi connectivity index (χ4n) is 7.35. The summed E-state index contributed by atoms with van der Waals surface area (Å²) in [5, 5.41) is 43.7. The zero-order chi connectivity index (χ0) is 18.4. The molecule has 3 unspecified atom stereocenters. The molecule has 8 atom stereocenters. The van der Waals surface area contributed by atoms with Crippen molar-refractivity contribution in [2.75, 3.05) is 6.61 Å². The van der Waals surface area contributed by atoms with Gasteiger partial charge in [0.2, 0.25) is 0 Å². The summed E-state index contributed by atoms with van der Waals surface area (Å²) < 4.78 is 0. The van der Waals surface area contributed by atoms with E-state index in [0.29, 0.717) is 31.3 Å². The molecule has 5 heteroatoms. The molecule has 0 saturated heterocycles. The van der Waals surface area contributed by atoms with Crippen LogP contribution in [-0.2, 0) is 4.79 Å². The molecule has 5 nitrogen and oxygen atoms in total. The van der Waals surface area contributed by atoms with Crippen molar-refractivity contribution in [3.05, 3.63) is 12.2 Å². The molecule has 1 spiro atoms. The maximum absolute atomic E-state index is 13.2. The van der Waals surface area contributed by atoms with Crippen molar-refractivity contribution in [1.82, 2.24) is 0 Å². The first-order valence-corrected chi connectivity index (χ1v) is 9.54. The van der Waals surface area contributed by atoms with E-state index in [2.05, 4.69) is 20.4 Å². The second-order valence-corrected chi connectivity index (χ2v) is 9.59. The number of hydrogen-bond donors (Lipinski definition) is 4. The topological polar surface area (TPSA) is 98.0 Å². The molecule has 0 aromatic heterocycles. The van der Waals surface area contributed by atoms with Gasteiger partial charge in [0.25, 0.3) is 0 Å². The zero-order valence-corrected chi connectivity index (χ0v) is 15.1. The van der Waals surface area contributed by atoms with Crippen LogP contribution in [0, 0.1) is 34.0 Å². The van der Waals surface area contributed by atoms with E-state index in [-0.39, 0.29) is 29.6 Å². The second-order valence-electron chi connectivity index (χ2n) is 9.59. The van der Waals surface area contributed by atoms with Crippen LogP contribution >= 0.6 is 0 Å². The predicted octanol–water partition coefficient (Wildman–Crippen LogP) is 1.04. The van der Waals surface area contributed by atoms with Gasteiger partial charge in [-0.1, -0.05) is 20.4 Å². The van der Waals surface area contributed by atoms with Gasteiger partial charge < -0.3 is 20.4 Å². The second kappa shape index (κ2) is 5.16. The molecule has 4 aliphatic carbocycles. The van der Waals surface area contributed by atoms with Crippen molar-refractivity contribution in [2.24, 2.45) is 34.0 Å². The molecule has 0 aromatic rings. The summed E-state index contributed by atoms with van der Waals surface area (Å²) >= 11 is 0. The lowest BCUT2D eigenvalue weighted by Gasteiger charge is -2.66. The minimum atomic E-state index is -1.31. The molecular formula is C20H30O5. The fourth-order valence-corrected chi connectivity index (χ4v) is 7.35. The molecule has 25 heavy (non-hydrogen) atoms. The van der Waals surface area contributed by atoms with Gasteiger partial charge in [-0.05, 0) is 54.9 Å². The molecule has 0 amide bonds. The van der Waals surface area contributed by atoms with Crippen molar-refractivity contribution in [1.29, 1.82) is 0 Å². The summed E-state index contributed by atoms with van der Waals surface area (Å²) in [5.41, 5.74) is -1.91. The first-order chi connectivity index (χ1) is 11.7. The van der Waals surface area contributed by atoms with E-state index in [1.807, 2.05) is 0 Å². The van der Waals surface area contributed by atoms with Crippen molar-refractivity contribution < 1.29 is 25.2 Å². The molecule has 4 fully saturated rings. The summed E-state index contributed by atoms with van der Waals surface area (Å²) in [6.07, 6.45) is 0.291. The lowest BCUT2D eigenvalue weighted by Crippen LogP contribution is -2.71. The first kappa shape index (κ1) is 17.7. The SMILES string of the molecule is C=C1C(=O)[C@@]23C(O)CC4C(C)(C)CC[C@H](O)[C@@]4(CO)C2CC[C@@H]1[C@H]3O. The smallest absolute Gasteiger partial charge is 0.170 e. The Morgan fingerprint density at radius 1 is 1.08 bits per heavy atom. The number of aliphatic hydroxyl groups is 4. The van der Waals surface area contributed by atoms with Crippen molar-refractivity contribution in [2.45, 2.75) is 64.3 Å². The fraction of sp³-hybridized carbons (Fsp3) is 0.850. The molecule has 4 rings (SSSR count). The van der Waals surface area contributed by atoms with E-state index >= 15 is 0 Å². The Kier molecular flexibility index (Phi) is 3.64. The highest BCUT2D eigenvalue weighted by Crippen LogP contribution is 2.70. The Labute approximate surface area is 148 Å². The Morgan fingerprint density at radius 2 is 1.76 bits per heavy atom. The van der Waals surface area contributed by atoms with E-state index < -0.39 is 35.1 Å². The molecule has 0 aromatic carbocycles. The Bertz CT molecular complexity index is 628. The molecule has 4 N–H and O–H groups in total. The predicted molar refractivity (Wildman–Crippen MR) is 91.5 cm³/mol. The first-order valence-electron chi connectivity index (χ1n) is 9.54. The number of hydrogen-bond acceptors (Lipinski definition) is 5. The lowest BCUT2D eigenvalue weighted by atomic mass is 9.38. The average molecular weight is 350 g/mol. The third kappa shape index (κ3) is 1.76. The van der Waals surface area contributed by atoms with Gasteiger partial charge in [-0.3, -0.25) is 4.79 Å². The number of ketones is 1. The highest BCUT2D eigenvalue weighted by atomic mass is 16.3. The number of fused-ring (bicyclic) bond motifs is 3. The van der Waals surface area contributed by atoms with Crippen LogP contribution < -0.4 is 0 Å². The van der Waals surface area contributed by atoms with Crippen LogP contribution in [0.3, 0.4) is 0 Å². The van der Waals surface area contributed by atoms with Gasteiger partial charge in [0.15, 0.2) is 5.78 Å². The average Bonchev–Trinajstić information content (AvgIpc) is 2.68. The lowest BCUT2D eigenvalue weighted by molar-refractivity contribution is -0.267. The number of Topliss-reactive ketones (excluding diaryl/α,β-unsaturated/α-hetero) is 1. The van der Waals surface area contributed by atoms with Gasteiger partial charge in [0.05, 0.1) is 30.3 Å². The Morgan fingerprint density at radius 3 is 2.40 bits per heavy atom. The van der Waals surface area contributed by atoms with Crippen LogP contribution in [0.1, 0.15) is 46.0 Å². The summed E-state index contributed by atoms with van der Waals surface area (Å²) in [5.74, 6) is -1.07. The molecular weight excluding hydrogens is 320 g/mol. The van der Waals surface area contributed by atoms with Crippen LogP contribution in [0.25, 0.3) is 0 Å². The van der Waals surface area contributed by atoms with Crippen LogP contribution in [0.15, 0.2) is 12.2 Å². The highest BCUT2D eigenvalue weighted by molar-refractivity contribution is 6.04. The summed E-state index contributed by atoms with van der Waals surface area (Å²) in [7, 11) is 0. The number of aliphatic hydroxyl groups excluding tert-OH is 4. The normalized spacial score (nSPS) is 54.2. The number of carbonyl (C=O) groups is 1. The Hall–Kier alpha value is -0.750. The summed E-state index contributed by atoms with van der Waals surface area (Å²) in [6, 6.07) is 0. The zero-order valence-electron chi connectivity index (χ0n) is 15.1. The number of rotatable bonds is 1. The molecule has 2 bridgehead atoms. The minimum absolute atomic E-state index is 0.0928. The van der Waals surface area contributed by atoms with Gasteiger partial charge in [-0.25, -0.2) is 0 Å². The quantitative estimate of drug-likeness (QED) is 0.530. The molecule has 0 radical (unpaired) electrons. The molecule has 0 heterocycles. The minimum Gasteiger partial charge on any atom is -0.396 e. The van der Waals surface area contributed by atoms with Crippen molar-refractivity contribution in [3.8, 4) is 0 Å². The van der Waals surface area contributed by atoms with E-state index in [4.69, 9.17) is 0 Å². The van der Waals surface area contributed by atoms with Crippen LogP contribution in [0.5, 0.6) is 0 Å². The van der Waals surface area contributed by atoms with Gasteiger partial charge in [-0.15, -0.1) is 0 Å². The molecule has 140 valence electrons. The van der Waals surface area contributed by atoms with Gasteiger partial charge in [0.1, 0.15) is 0 Å². The third-order valence-electron chi connectivity index (χ3n) is 8.55. The standard InChI is InChI=1S/C20H30O5/c1-10-11-4-5-12-19(9-21)13(18(2,3)7-6-14(19)22)8-15(23)20(12,16(10)24)17(11)25/h11-15,17,21-23,25H,1,4-9H2,2-3H3/t11-,12?,13?,14-,15?,17+,19-,20-/m0/s1. The Balaban J connectivity index is 1.94. The van der Waals surface area contributed by atoms with E-state index in [9.17, 15) is 25.2 Å². The van der Waals surface area contributed by atoms with E-state index in [1.54, 1.807) is 0 Å². The monoisotopic (exact) mass is 350 g/mol. The van der Waals surface area contributed by atoms with Gasteiger partial charge in [-0.2, -0.15) is 0 Å². The van der Waals surface area contributed by atoms with E-state index in [0.717, 1.165) is 6.42 Å². The largest absolute Gasteiger partial charge is 0.396 e. The van der Waals surface area contributed by atoms with Crippen LogP contribution in [0.4, 0.5) is 0 Å². The third-order valence-corrected chi connectivity index (χ3v) is 8.55. The molecule has 4 aliphatic rings.